The smallest absolute Gasteiger partial charge is 0.306 e. The van der Waals surface area contributed by atoms with Crippen LogP contribution >= 0.6 is 0 Å². The number of ether oxygens (including phenoxy) is 3. The zero-order chi connectivity index (χ0) is 16.5. The van der Waals surface area contributed by atoms with Gasteiger partial charge in [0.25, 0.3) is 0 Å². The number of aryl methyl sites for hydroxylation is 1. The molecule has 0 saturated heterocycles. The van der Waals surface area contributed by atoms with Crippen LogP contribution < -0.4 is 9.47 Å². The Morgan fingerprint density at radius 1 is 0.957 bits per heavy atom. The summed E-state index contributed by atoms with van der Waals surface area (Å²) in [6.07, 6.45) is 1.65. The van der Waals surface area contributed by atoms with E-state index in [1.807, 2.05) is 48.5 Å². The second kappa shape index (κ2) is 8.83. The number of hydrogen-bond donors (Lipinski definition) is 0. The molecule has 0 saturated carbocycles. The quantitative estimate of drug-likeness (QED) is 0.700. The van der Waals surface area contributed by atoms with Crippen LogP contribution in [0, 0.1) is 0 Å². The Labute approximate surface area is 137 Å². The molecule has 0 amide bonds. The van der Waals surface area contributed by atoms with E-state index in [1.165, 1.54) is 0 Å². The molecule has 4 nitrogen and oxygen atoms in total. The normalized spacial score (nSPS) is 10.2. The fourth-order valence-corrected chi connectivity index (χ4v) is 2.29. The van der Waals surface area contributed by atoms with Gasteiger partial charge in [-0.3, -0.25) is 4.79 Å². The predicted octanol–water partition coefficient (Wildman–Crippen LogP) is 3.42. The number of methoxy groups -OCH3 is 2. The fraction of sp³-hybridized carbons (Fsp3) is 0.316. The third-order valence-corrected chi connectivity index (χ3v) is 3.59. The third kappa shape index (κ3) is 5.33. The van der Waals surface area contributed by atoms with Crippen molar-refractivity contribution in [3.8, 4) is 11.5 Å². The summed E-state index contributed by atoms with van der Waals surface area (Å²) in [7, 11) is 3.22. The first-order chi connectivity index (χ1) is 11.2. The largest absolute Gasteiger partial charge is 0.497 e. The first kappa shape index (κ1) is 16.9. The van der Waals surface area contributed by atoms with Crippen molar-refractivity contribution >= 4 is 5.97 Å². The molecule has 0 aliphatic carbocycles. The Morgan fingerprint density at radius 2 is 1.74 bits per heavy atom. The lowest BCUT2D eigenvalue weighted by Crippen LogP contribution is -2.09. The lowest BCUT2D eigenvalue weighted by atomic mass is 10.1. The molecule has 0 heterocycles. The molecule has 0 spiro atoms. The minimum atomic E-state index is -0.196. The van der Waals surface area contributed by atoms with Crippen LogP contribution in [0.4, 0.5) is 0 Å². The molecule has 2 aromatic rings. The second-order valence-corrected chi connectivity index (χ2v) is 5.13. The van der Waals surface area contributed by atoms with Gasteiger partial charge in [-0.15, -0.1) is 0 Å². The molecular weight excluding hydrogens is 292 g/mol. The number of hydrogen-bond acceptors (Lipinski definition) is 4. The van der Waals surface area contributed by atoms with E-state index in [0.717, 1.165) is 29.0 Å². The molecular formula is C19H22O4. The molecule has 0 radical (unpaired) electrons. The van der Waals surface area contributed by atoms with E-state index < -0.39 is 0 Å². The second-order valence-electron chi connectivity index (χ2n) is 5.13. The van der Waals surface area contributed by atoms with Crippen LogP contribution in [0.2, 0.25) is 0 Å². The van der Waals surface area contributed by atoms with Crippen LogP contribution in [-0.4, -0.2) is 26.8 Å². The van der Waals surface area contributed by atoms with E-state index in [2.05, 4.69) is 0 Å². The monoisotopic (exact) mass is 314 g/mol. The number of carbonyl (C=O) groups excluding carboxylic acids is 1. The molecule has 23 heavy (non-hydrogen) atoms. The molecule has 0 unspecified atom stereocenters. The maximum Gasteiger partial charge on any atom is 0.306 e. The van der Waals surface area contributed by atoms with Crippen molar-refractivity contribution in [2.45, 2.75) is 19.3 Å². The number of esters is 1. The van der Waals surface area contributed by atoms with Crippen LogP contribution in [0.5, 0.6) is 11.5 Å². The van der Waals surface area contributed by atoms with Crippen molar-refractivity contribution in [3.63, 3.8) is 0 Å². The van der Waals surface area contributed by atoms with E-state index in [9.17, 15) is 4.79 Å². The summed E-state index contributed by atoms with van der Waals surface area (Å²) in [5, 5.41) is 0. The highest BCUT2D eigenvalue weighted by Crippen LogP contribution is 2.25. The van der Waals surface area contributed by atoms with Gasteiger partial charge in [-0.25, -0.2) is 0 Å². The van der Waals surface area contributed by atoms with Gasteiger partial charge in [-0.1, -0.05) is 36.4 Å². The Balaban J connectivity index is 1.78. The molecule has 0 N–H and O–H groups in total. The van der Waals surface area contributed by atoms with Crippen LogP contribution in [0.25, 0.3) is 0 Å². The maximum atomic E-state index is 11.8. The van der Waals surface area contributed by atoms with Gasteiger partial charge in [0, 0.05) is 18.9 Å². The van der Waals surface area contributed by atoms with E-state index in [4.69, 9.17) is 14.2 Å². The number of rotatable bonds is 8. The summed E-state index contributed by atoms with van der Waals surface area (Å²) in [4.78, 5) is 11.8. The van der Waals surface area contributed by atoms with E-state index in [1.54, 1.807) is 14.2 Å². The molecule has 0 bridgehead atoms. The number of benzene rings is 2. The lowest BCUT2D eigenvalue weighted by Gasteiger charge is -2.10. The lowest BCUT2D eigenvalue weighted by molar-refractivity contribution is -0.143. The molecule has 122 valence electrons. The molecule has 0 aliphatic heterocycles. The predicted molar refractivity (Wildman–Crippen MR) is 89.0 cm³/mol. The summed E-state index contributed by atoms with van der Waals surface area (Å²) < 4.78 is 15.8. The van der Waals surface area contributed by atoms with Gasteiger partial charge in [0.05, 0.1) is 20.8 Å². The third-order valence-electron chi connectivity index (χ3n) is 3.59. The molecule has 0 fully saturated rings. The molecule has 4 heteroatoms. The van der Waals surface area contributed by atoms with Gasteiger partial charge < -0.3 is 14.2 Å². The highest BCUT2D eigenvalue weighted by molar-refractivity contribution is 5.70. The Morgan fingerprint density at radius 3 is 2.43 bits per heavy atom. The molecule has 0 atom stereocenters. The summed E-state index contributed by atoms with van der Waals surface area (Å²) in [6, 6.07) is 15.6. The van der Waals surface area contributed by atoms with Gasteiger partial charge in [0.2, 0.25) is 0 Å². The van der Waals surface area contributed by atoms with Gasteiger partial charge >= 0.3 is 5.97 Å². The number of carbonyl (C=O) groups is 1. The van der Waals surface area contributed by atoms with Gasteiger partial charge in [0.15, 0.2) is 0 Å². The van der Waals surface area contributed by atoms with Crippen molar-refractivity contribution < 1.29 is 19.0 Å². The van der Waals surface area contributed by atoms with Gasteiger partial charge in [0.1, 0.15) is 11.5 Å². The Kier molecular flexibility index (Phi) is 6.48. The summed E-state index contributed by atoms with van der Waals surface area (Å²) >= 11 is 0. The highest BCUT2D eigenvalue weighted by Gasteiger charge is 2.09. The zero-order valence-corrected chi connectivity index (χ0v) is 13.6. The van der Waals surface area contributed by atoms with E-state index in [-0.39, 0.29) is 5.97 Å². The zero-order valence-electron chi connectivity index (χ0n) is 13.6. The van der Waals surface area contributed by atoms with Crippen molar-refractivity contribution in [1.29, 1.82) is 0 Å². The molecule has 2 rings (SSSR count). The first-order valence-corrected chi connectivity index (χ1v) is 7.63. The van der Waals surface area contributed by atoms with E-state index >= 15 is 0 Å². The first-order valence-electron chi connectivity index (χ1n) is 7.63. The molecule has 2 aromatic carbocycles. The average Bonchev–Trinajstić information content (AvgIpc) is 2.60. The topological polar surface area (TPSA) is 44.8 Å². The SMILES string of the molecule is COc1ccc(CCC(=O)OCCc2ccccc2)c(OC)c1. The van der Waals surface area contributed by atoms with E-state index in [0.29, 0.717) is 19.4 Å². The fourth-order valence-electron chi connectivity index (χ4n) is 2.29. The van der Waals surface area contributed by atoms with Crippen molar-refractivity contribution in [1.82, 2.24) is 0 Å². The molecule has 0 aromatic heterocycles. The van der Waals surface area contributed by atoms with Crippen LogP contribution in [0.1, 0.15) is 17.5 Å². The summed E-state index contributed by atoms with van der Waals surface area (Å²) in [6.45, 7) is 0.405. The average molecular weight is 314 g/mol. The Bertz CT molecular complexity index is 623. The maximum absolute atomic E-state index is 11.8. The van der Waals surface area contributed by atoms with Crippen molar-refractivity contribution in [2.24, 2.45) is 0 Å². The van der Waals surface area contributed by atoms with Crippen LogP contribution in [-0.2, 0) is 22.4 Å². The minimum Gasteiger partial charge on any atom is -0.497 e. The van der Waals surface area contributed by atoms with Crippen molar-refractivity contribution in [2.75, 3.05) is 20.8 Å². The van der Waals surface area contributed by atoms with Gasteiger partial charge in [-0.05, 0) is 23.6 Å². The standard InChI is InChI=1S/C19H22O4/c1-21-17-10-8-16(18(14-17)22-2)9-11-19(20)23-13-12-15-6-4-3-5-7-15/h3-8,10,14H,9,11-13H2,1-2H3. The summed E-state index contributed by atoms with van der Waals surface area (Å²) in [5.74, 6) is 1.26. The van der Waals surface area contributed by atoms with Crippen LogP contribution in [0.3, 0.4) is 0 Å². The molecule has 0 aliphatic rings. The summed E-state index contributed by atoms with van der Waals surface area (Å²) in [5.41, 5.74) is 2.13. The van der Waals surface area contributed by atoms with Crippen molar-refractivity contribution in [3.05, 3.63) is 59.7 Å². The Hall–Kier alpha value is -2.49. The van der Waals surface area contributed by atoms with Crippen LogP contribution in [0.15, 0.2) is 48.5 Å². The minimum absolute atomic E-state index is 0.196. The highest BCUT2D eigenvalue weighted by atomic mass is 16.5. The van der Waals surface area contributed by atoms with Gasteiger partial charge in [-0.2, -0.15) is 0 Å².